The molecule has 3 N–H and O–H groups in total. The van der Waals surface area contributed by atoms with Gasteiger partial charge in [0.15, 0.2) is 16.6 Å². The Bertz CT molecular complexity index is 613. The van der Waals surface area contributed by atoms with Crippen molar-refractivity contribution in [1.29, 1.82) is 0 Å². The molecule has 1 saturated heterocycles. The summed E-state index contributed by atoms with van der Waals surface area (Å²) in [5, 5.41) is 7.37. The summed E-state index contributed by atoms with van der Waals surface area (Å²) in [5.74, 6) is 0.119. The molecule has 0 radical (unpaired) electrons. The van der Waals surface area contributed by atoms with Gasteiger partial charge in [0.05, 0.1) is 39.6 Å². The van der Waals surface area contributed by atoms with E-state index in [0.29, 0.717) is 17.2 Å². The Labute approximate surface area is 156 Å². The molecular formula is C16H23F2N4O3S+. The van der Waals surface area contributed by atoms with Crippen LogP contribution in [0.25, 0.3) is 0 Å². The summed E-state index contributed by atoms with van der Waals surface area (Å²) in [6, 6.07) is 4.77. The fourth-order valence-corrected chi connectivity index (χ4v) is 2.63. The van der Waals surface area contributed by atoms with E-state index in [9.17, 15) is 8.78 Å². The third-order valence-electron chi connectivity index (χ3n) is 3.77. The molecule has 1 fully saturated rings. The number of hydrazone groups is 1. The molecule has 0 atom stereocenters. The Morgan fingerprint density at radius 3 is 2.88 bits per heavy atom. The highest BCUT2D eigenvalue weighted by Crippen LogP contribution is 2.31. The van der Waals surface area contributed by atoms with Gasteiger partial charge in [0.25, 0.3) is 0 Å². The molecule has 1 aromatic rings. The normalized spacial score (nSPS) is 15.2. The fraction of sp³-hybridized carbons (Fsp3) is 0.500. The number of thiocarbonyl (C=S) groups is 1. The van der Waals surface area contributed by atoms with Gasteiger partial charge >= 0.3 is 6.61 Å². The van der Waals surface area contributed by atoms with Crippen molar-refractivity contribution in [3.05, 3.63) is 23.8 Å². The van der Waals surface area contributed by atoms with E-state index in [4.69, 9.17) is 21.7 Å². The number of rotatable bonds is 8. The van der Waals surface area contributed by atoms with Crippen molar-refractivity contribution < 1.29 is 27.9 Å². The SMILES string of the molecule is COc1cccc(/C=N\NC(=S)NCC[NH+]2CCOCC2)c1OC(F)F. The Morgan fingerprint density at radius 1 is 1.42 bits per heavy atom. The zero-order valence-electron chi connectivity index (χ0n) is 14.5. The van der Waals surface area contributed by atoms with Crippen LogP contribution in [0.2, 0.25) is 0 Å². The van der Waals surface area contributed by atoms with Crippen LogP contribution in [0.1, 0.15) is 5.56 Å². The Balaban J connectivity index is 1.82. The topological polar surface area (TPSA) is 68.5 Å². The largest absolute Gasteiger partial charge is 0.493 e. The standard InChI is InChI=1S/C16H22F2N4O3S/c1-23-13-4-2-3-12(14(13)25-15(17)18)11-20-21-16(26)19-5-6-22-7-9-24-10-8-22/h2-4,11,15H,5-10H2,1H3,(H2,19,21,26)/p+1/b20-11-. The van der Waals surface area contributed by atoms with Gasteiger partial charge in [-0.05, 0) is 24.4 Å². The van der Waals surface area contributed by atoms with E-state index in [-0.39, 0.29) is 11.5 Å². The number of benzene rings is 1. The molecule has 2 rings (SSSR count). The number of morpholine rings is 1. The van der Waals surface area contributed by atoms with E-state index in [2.05, 4.69) is 20.6 Å². The number of methoxy groups -OCH3 is 1. The summed E-state index contributed by atoms with van der Waals surface area (Å²) in [5.41, 5.74) is 3.00. The average Bonchev–Trinajstić information content (AvgIpc) is 2.63. The maximum atomic E-state index is 12.6. The smallest absolute Gasteiger partial charge is 0.387 e. The molecule has 0 unspecified atom stereocenters. The van der Waals surface area contributed by atoms with Crippen LogP contribution in [0, 0.1) is 0 Å². The van der Waals surface area contributed by atoms with E-state index in [1.807, 2.05) is 0 Å². The first-order valence-electron chi connectivity index (χ1n) is 8.20. The number of ether oxygens (including phenoxy) is 3. The van der Waals surface area contributed by atoms with E-state index < -0.39 is 6.61 Å². The highest BCUT2D eigenvalue weighted by atomic mass is 32.1. The number of hydrogen-bond donors (Lipinski definition) is 3. The first-order valence-corrected chi connectivity index (χ1v) is 8.61. The number of alkyl halides is 2. The number of quaternary nitrogens is 1. The van der Waals surface area contributed by atoms with Crippen molar-refractivity contribution >= 4 is 23.5 Å². The molecule has 1 aliphatic heterocycles. The van der Waals surface area contributed by atoms with Gasteiger partial charge in [0.1, 0.15) is 13.1 Å². The number of halogens is 2. The number of nitrogens with zero attached hydrogens (tertiary/aromatic N) is 1. The van der Waals surface area contributed by atoms with Crippen molar-refractivity contribution in [1.82, 2.24) is 10.7 Å². The first kappa shape index (κ1) is 20.3. The molecule has 0 spiro atoms. The zero-order chi connectivity index (χ0) is 18.8. The van der Waals surface area contributed by atoms with E-state index >= 15 is 0 Å². The molecule has 0 aromatic heterocycles. The lowest BCUT2D eigenvalue weighted by Crippen LogP contribution is -3.14. The molecular weight excluding hydrogens is 366 g/mol. The van der Waals surface area contributed by atoms with Crippen molar-refractivity contribution in [2.75, 3.05) is 46.5 Å². The summed E-state index contributed by atoms with van der Waals surface area (Å²) < 4.78 is 40.0. The lowest BCUT2D eigenvalue weighted by Gasteiger charge is -2.23. The summed E-state index contributed by atoms with van der Waals surface area (Å²) in [4.78, 5) is 1.46. The number of para-hydroxylation sites is 1. The lowest BCUT2D eigenvalue weighted by molar-refractivity contribution is -0.906. The zero-order valence-corrected chi connectivity index (χ0v) is 15.3. The molecule has 1 heterocycles. The predicted molar refractivity (Wildman–Crippen MR) is 97.3 cm³/mol. The summed E-state index contributed by atoms with van der Waals surface area (Å²) in [6.07, 6.45) is 1.35. The highest BCUT2D eigenvalue weighted by molar-refractivity contribution is 7.80. The molecule has 1 aromatic carbocycles. The lowest BCUT2D eigenvalue weighted by atomic mass is 10.2. The van der Waals surface area contributed by atoms with Gasteiger partial charge < -0.3 is 24.4 Å². The quantitative estimate of drug-likeness (QED) is 0.331. The van der Waals surface area contributed by atoms with Crippen LogP contribution in [0.15, 0.2) is 23.3 Å². The predicted octanol–water partition coefficient (Wildman–Crippen LogP) is 0.00970. The van der Waals surface area contributed by atoms with Gasteiger partial charge in [-0.1, -0.05) is 6.07 Å². The van der Waals surface area contributed by atoms with Gasteiger partial charge in [0.2, 0.25) is 0 Å². The fourth-order valence-electron chi connectivity index (χ4n) is 2.47. The van der Waals surface area contributed by atoms with Crippen LogP contribution in [0.5, 0.6) is 11.5 Å². The molecule has 0 saturated carbocycles. The molecule has 0 aliphatic carbocycles. The van der Waals surface area contributed by atoms with Gasteiger partial charge in [-0.25, -0.2) is 0 Å². The van der Waals surface area contributed by atoms with Crippen molar-refractivity contribution in [2.45, 2.75) is 6.61 Å². The minimum atomic E-state index is -2.96. The summed E-state index contributed by atoms with van der Waals surface area (Å²) >= 11 is 5.14. The maximum absolute atomic E-state index is 12.6. The Hall–Kier alpha value is -2.04. The average molecular weight is 389 g/mol. The minimum absolute atomic E-state index is 0.0784. The van der Waals surface area contributed by atoms with Crippen LogP contribution in [-0.4, -0.2) is 64.4 Å². The molecule has 0 bridgehead atoms. The van der Waals surface area contributed by atoms with Crippen molar-refractivity contribution in [3.63, 3.8) is 0 Å². The second-order valence-electron chi connectivity index (χ2n) is 5.50. The summed E-state index contributed by atoms with van der Waals surface area (Å²) in [7, 11) is 1.38. The van der Waals surface area contributed by atoms with Gasteiger partial charge in [0, 0.05) is 5.56 Å². The summed E-state index contributed by atoms with van der Waals surface area (Å²) in [6.45, 7) is 2.22. The first-order chi connectivity index (χ1) is 12.6. The molecule has 1 aliphatic rings. The molecule has 7 nitrogen and oxygen atoms in total. The monoisotopic (exact) mass is 389 g/mol. The Kier molecular flexibility index (Phi) is 8.45. The van der Waals surface area contributed by atoms with E-state index in [1.54, 1.807) is 12.1 Å². The van der Waals surface area contributed by atoms with E-state index in [1.165, 1.54) is 24.3 Å². The second-order valence-corrected chi connectivity index (χ2v) is 5.90. The number of hydrogen-bond acceptors (Lipinski definition) is 5. The molecule has 144 valence electrons. The van der Waals surface area contributed by atoms with Gasteiger partial charge in [-0.3, -0.25) is 5.43 Å². The third kappa shape index (κ3) is 6.70. The second kappa shape index (κ2) is 10.8. The van der Waals surface area contributed by atoms with Gasteiger partial charge in [-0.2, -0.15) is 13.9 Å². The van der Waals surface area contributed by atoms with Gasteiger partial charge in [-0.15, -0.1) is 0 Å². The van der Waals surface area contributed by atoms with Crippen molar-refractivity contribution in [2.24, 2.45) is 5.10 Å². The minimum Gasteiger partial charge on any atom is -0.493 e. The maximum Gasteiger partial charge on any atom is 0.387 e. The van der Waals surface area contributed by atoms with Crippen LogP contribution >= 0.6 is 12.2 Å². The third-order valence-corrected chi connectivity index (χ3v) is 4.01. The highest BCUT2D eigenvalue weighted by Gasteiger charge is 2.14. The molecule has 10 heteroatoms. The molecule has 26 heavy (non-hydrogen) atoms. The van der Waals surface area contributed by atoms with E-state index in [0.717, 1.165) is 32.8 Å². The Morgan fingerprint density at radius 2 is 2.19 bits per heavy atom. The van der Waals surface area contributed by atoms with Crippen LogP contribution in [-0.2, 0) is 4.74 Å². The van der Waals surface area contributed by atoms with Crippen LogP contribution < -0.4 is 25.1 Å². The van der Waals surface area contributed by atoms with Crippen molar-refractivity contribution in [3.8, 4) is 11.5 Å². The number of nitrogens with one attached hydrogen (secondary N) is 3. The van der Waals surface area contributed by atoms with Crippen LogP contribution in [0.3, 0.4) is 0 Å². The molecule has 0 amide bonds. The van der Waals surface area contributed by atoms with Crippen LogP contribution in [0.4, 0.5) is 8.78 Å².